The van der Waals surface area contributed by atoms with Crippen molar-refractivity contribution < 1.29 is 5.11 Å². The fourth-order valence-electron chi connectivity index (χ4n) is 3.37. The second-order valence-corrected chi connectivity index (χ2v) is 6.86. The van der Waals surface area contributed by atoms with Gasteiger partial charge in [-0.2, -0.15) is 0 Å². The molecule has 2 heteroatoms. The number of hydrogen-bond acceptors (Lipinski definition) is 2. The van der Waals surface area contributed by atoms with E-state index in [0.717, 1.165) is 30.4 Å². The predicted molar refractivity (Wildman–Crippen MR) is 86.0 cm³/mol. The zero-order valence-electron chi connectivity index (χ0n) is 13.2. The van der Waals surface area contributed by atoms with Crippen LogP contribution in [0.25, 0.3) is 0 Å². The van der Waals surface area contributed by atoms with Crippen molar-refractivity contribution >= 4 is 5.69 Å². The maximum Gasteiger partial charge on any atom is 0.0661 e. The van der Waals surface area contributed by atoms with Gasteiger partial charge in [0, 0.05) is 5.69 Å². The third-order valence-corrected chi connectivity index (χ3v) is 4.93. The van der Waals surface area contributed by atoms with E-state index in [1.165, 1.54) is 24.8 Å². The van der Waals surface area contributed by atoms with E-state index in [2.05, 4.69) is 50.4 Å². The molecule has 0 aromatic heterocycles. The smallest absolute Gasteiger partial charge is 0.0661 e. The van der Waals surface area contributed by atoms with Crippen LogP contribution in [0.2, 0.25) is 0 Å². The highest BCUT2D eigenvalue weighted by molar-refractivity contribution is 5.47. The van der Waals surface area contributed by atoms with Gasteiger partial charge in [0.1, 0.15) is 0 Å². The quantitative estimate of drug-likeness (QED) is 0.800. The van der Waals surface area contributed by atoms with Gasteiger partial charge in [0.15, 0.2) is 0 Å². The first kappa shape index (κ1) is 15.4. The molecule has 0 bridgehead atoms. The van der Waals surface area contributed by atoms with Gasteiger partial charge < -0.3 is 10.4 Å². The number of benzene rings is 1. The summed E-state index contributed by atoms with van der Waals surface area (Å²) < 4.78 is 0. The van der Waals surface area contributed by atoms with E-state index in [4.69, 9.17) is 0 Å². The molecule has 2 atom stereocenters. The fourth-order valence-corrected chi connectivity index (χ4v) is 3.37. The molecule has 1 aliphatic carbocycles. The van der Waals surface area contributed by atoms with Crippen LogP contribution in [0.3, 0.4) is 0 Å². The van der Waals surface area contributed by atoms with Gasteiger partial charge in [0.05, 0.1) is 12.1 Å². The van der Waals surface area contributed by atoms with Gasteiger partial charge in [0.25, 0.3) is 0 Å². The Morgan fingerprint density at radius 2 is 1.90 bits per heavy atom. The first-order chi connectivity index (χ1) is 9.54. The van der Waals surface area contributed by atoms with E-state index in [9.17, 15) is 5.11 Å². The number of aliphatic hydroxyl groups excluding tert-OH is 1. The van der Waals surface area contributed by atoms with E-state index in [1.54, 1.807) is 0 Å². The van der Waals surface area contributed by atoms with Crippen molar-refractivity contribution in [3.63, 3.8) is 0 Å². The highest BCUT2D eigenvalue weighted by atomic mass is 16.3. The summed E-state index contributed by atoms with van der Waals surface area (Å²) in [4.78, 5) is 0. The largest absolute Gasteiger partial charge is 0.394 e. The second kappa shape index (κ2) is 6.62. The van der Waals surface area contributed by atoms with Crippen LogP contribution in [0, 0.1) is 18.8 Å². The first-order valence-electron chi connectivity index (χ1n) is 8.00. The molecule has 0 spiro atoms. The molecular formula is C18H29NO. The molecule has 0 aliphatic heterocycles. The van der Waals surface area contributed by atoms with Crippen LogP contribution in [-0.4, -0.2) is 17.3 Å². The van der Waals surface area contributed by atoms with Crippen molar-refractivity contribution in [2.45, 2.75) is 58.4 Å². The number of rotatable bonds is 4. The third-order valence-electron chi connectivity index (χ3n) is 4.93. The van der Waals surface area contributed by atoms with Gasteiger partial charge >= 0.3 is 0 Å². The van der Waals surface area contributed by atoms with Crippen LogP contribution in [0.4, 0.5) is 5.69 Å². The maximum absolute atomic E-state index is 9.94. The van der Waals surface area contributed by atoms with Crippen molar-refractivity contribution in [3.05, 3.63) is 29.8 Å². The zero-order valence-corrected chi connectivity index (χ0v) is 13.2. The molecular weight excluding hydrogens is 246 g/mol. The lowest BCUT2D eigenvalue weighted by Crippen LogP contribution is -2.41. The Labute approximate surface area is 123 Å². The van der Waals surface area contributed by atoms with Gasteiger partial charge in [0.2, 0.25) is 0 Å². The molecule has 2 unspecified atom stereocenters. The number of nitrogens with one attached hydrogen (secondary N) is 1. The summed E-state index contributed by atoms with van der Waals surface area (Å²) in [7, 11) is 0. The van der Waals surface area contributed by atoms with Gasteiger partial charge in [-0.1, -0.05) is 44.4 Å². The lowest BCUT2D eigenvalue weighted by molar-refractivity contribution is 0.193. The number of anilines is 1. The highest BCUT2D eigenvalue weighted by Gasteiger charge is 2.33. The zero-order chi connectivity index (χ0) is 14.6. The number of aryl methyl sites for hydroxylation is 1. The van der Waals surface area contributed by atoms with Crippen molar-refractivity contribution in [1.29, 1.82) is 0 Å². The molecule has 1 aromatic rings. The van der Waals surface area contributed by atoms with Crippen LogP contribution >= 0.6 is 0 Å². The van der Waals surface area contributed by atoms with Crippen molar-refractivity contribution in [1.82, 2.24) is 0 Å². The van der Waals surface area contributed by atoms with Crippen molar-refractivity contribution in [3.8, 4) is 0 Å². The summed E-state index contributed by atoms with van der Waals surface area (Å²) in [5, 5.41) is 13.6. The van der Waals surface area contributed by atoms with E-state index >= 15 is 0 Å². The van der Waals surface area contributed by atoms with E-state index in [-0.39, 0.29) is 12.1 Å². The normalized spacial score (nSPS) is 27.4. The van der Waals surface area contributed by atoms with E-state index < -0.39 is 0 Å². The monoisotopic (exact) mass is 275 g/mol. The minimum Gasteiger partial charge on any atom is -0.394 e. The first-order valence-corrected chi connectivity index (χ1v) is 8.00. The van der Waals surface area contributed by atoms with Crippen molar-refractivity contribution in [2.24, 2.45) is 11.8 Å². The lowest BCUT2D eigenvalue weighted by atomic mass is 9.86. The Morgan fingerprint density at radius 1 is 1.20 bits per heavy atom. The maximum atomic E-state index is 9.94. The van der Waals surface area contributed by atoms with Crippen LogP contribution in [0.1, 0.15) is 51.5 Å². The lowest BCUT2D eigenvalue weighted by Gasteiger charge is -2.33. The summed E-state index contributed by atoms with van der Waals surface area (Å²) in [5.41, 5.74) is 2.28. The van der Waals surface area contributed by atoms with Crippen LogP contribution < -0.4 is 5.32 Å². The molecule has 1 saturated carbocycles. The average molecular weight is 275 g/mol. The third kappa shape index (κ3) is 3.76. The summed E-state index contributed by atoms with van der Waals surface area (Å²) in [6.07, 6.45) is 5.87. The molecule has 2 nitrogen and oxygen atoms in total. The SMILES string of the molecule is Cc1ccc(NC2(CO)CCCC(C(C)C)CC2)cc1. The standard InChI is InChI=1S/C18H29NO/c1-14(2)16-5-4-11-18(13-20,12-10-16)19-17-8-6-15(3)7-9-17/h6-9,14,16,19-20H,4-5,10-13H2,1-3H3. The molecule has 0 amide bonds. The molecule has 2 rings (SSSR count). The van der Waals surface area contributed by atoms with Gasteiger partial charge in [-0.05, 0) is 50.2 Å². The average Bonchev–Trinajstić information content (AvgIpc) is 2.65. The summed E-state index contributed by atoms with van der Waals surface area (Å²) in [6.45, 7) is 6.98. The molecule has 0 saturated heterocycles. The Morgan fingerprint density at radius 3 is 2.50 bits per heavy atom. The van der Waals surface area contributed by atoms with E-state index in [0.29, 0.717) is 0 Å². The van der Waals surface area contributed by atoms with Crippen LogP contribution in [0.5, 0.6) is 0 Å². The molecule has 2 N–H and O–H groups in total. The predicted octanol–water partition coefficient (Wildman–Crippen LogP) is 4.37. The molecule has 0 radical (unpaired) electrons. The summed E-state index contributed by atoms with van der Waals surface area (Å²) in [5.74, 6) is 1.56. The van der Waals surface area contributed by atoms with E-state index in [1.807, 2.05) is 0 Å². The molecule has 1 aromatic carbocycles. The number of aliphatic hydroxyl groups is 1. The van der Waals surface area contributed by atoms with Crippen LogP contribution in [0.15, 0.2) is 24.3 Å². The molecule has 20 heavy (non-hydrogen) atoms. The number of hydrogen-bond donors (Lipinski definition) is 2. The Bertz CT molecular complexity index is 412. The van der Waals surface area contributed by atoms with Gasteiger partial charge in [-0.15, -0.1) is 0 Å². The molecule has 112 valence electrons. The minimum absolute atomic E-state index is 0.126. The minimum atomic E-state index is -0.126. The molecule has 0 heterocycles. The van der Waals surface area contributed by atoms with Gasteiger partial charge in [-0.3, -0.25) is 0 Å². The van der Waals surface area contributed by atoms with Crippen LogP contribution in [-0.2, 0) is 0 Å². The Kier molecular flexibility index (Phi) is 5.09. The highest BCUT2D eigenvalue weighted by Crippen LogP contribution is 2.35. The molecule has 1 aliphatic rings. The second-order valence-electron chi connectivity index (χ2n) is 6.86. The molecule has 1 fully saturated rings. The fraction of sp³-hybridized carbons (Fsp3) is 0.667. The van der Waals surface area contributed by atoms with Gasteiger partial charge in [-0.25, -0.2) is 0 Å². The summed E-state index contributed by atoms with van der Waals surface area (Å²) in [6, 6.07) is 8.50. The topological polar surface area (TPSA) is 32.3 Å². The Hall–Kier alpha value is -1.02. The Balaban J connectivity index is 2.07. The summed E-state index contributed by atoms with van der Waals surface area (Å²) >= 11 is 0. The van der Waals surface area contributed by atoms with Crippen molar-refractivity contribution in [2.75, 3.05) is 11.9 Å².